The maximum atomic E-state index is 13.4. The first-order valence-corrected chi connectivity index (χ1v) is 9.98. The number of aliphatic hydroxyl groups excluding tert-OH is 2. The predicted octanol–water partition coefficient (Wildman–Crippen LogP) is 2.79. The van der Waals surface area contributed by atoms with E-state index >= 15 is 0 Å². The summed E-state index contributed by atoms with van der Waals surface area (Å²) in [7, 11) is 0. The van der Waals surface area contributed by atoms with Gasteiger partial charge in [0.25, 0.3) is 5.91 Å². The lowest BCUT2D eigenvalue weighted by Crippen LogP contribution is -2.22. The standard InChI is InChI=1S/C22H18F3N5O4/c23-22(24,25)15-5-2-1-4-14(15)16-8-9-18-26-10-19(30(18)29-16)28-21(33)17-6-3-7-20(27-17)34-12-13(32)11-31/h1-10,13,31-32H,11-12H2,(H,28,33)/t13-/m1/s1. The second-order valence-corrected chi connectivity index (χ2v) is 7.14. The Bertz CT molecular complexity index is 1330. The monoisotopic (exact) mass is 473 g/mol. The molecule has 0 radical (unpaired) electrons. The number of amides is 1. The number of nitrogens with one attached hydrogen (secondary N) is 1. The van der Waals surface area contributed by atoms with E-state index in [2.05, 4.69) is 20.4 Å². The average Bonchev–Trinajstić information content (AvgIpc) is 3.24. The van der Waals surface area contributed by atoms with Crippen LogP contribution in [0.1, 0.15) is 16.1 Å². The van der Waals surface area contributed by atoms with Gasteiger partial charge in [0.15, 0.2) is 11.5 Å². The molecule has 34 heavy (non-hydrogen) atoms. The molecule has 12 heteroatoms. The SMILES string of the molecule is O=C(Nc1cnc2ccc(-c3ccccc3C(F)(F)F)nn12)c1cccc(OC[C@H](O)CO)n1. The molecule has 3 aromatic heterocycles. The number of carbonyl (C=O) groups excluding carboxylic acids is 1. The molecule has 1 atom stereocenters. The van der Waals surface area contributed by atoms with Crippen molar-refractivity contribution >= 4 is 17.4 Å². The fraction of sp³-hybridized carbons (Fsp3) is 0.182. The maximum absolute atomic E-state index is 13.4. The normalized spacial score (nSPS) is 12.5. The second-order valence-electron chi connectivity index (χ2n) is 7.14. The number of pyridine rings is 1. The molecule has 4 aromatic rings. The van der Waals surface area contributed by atoms with Gasteiger partial charge < -0.3 is 20.3 Å². The van der Waals surface area contributed by atoms with Gasteiger partial charge in [-0.25, -0.2) is 9.97 Å². The lowest BCUT2D eigenvalue weighted by atomic mass is 10.0. The van der Waals surface area contributed by atoms with Crippen LogP contribution in [0.3, 0.4) is 0 Å². The summed E-state index contributed by atoms with van der Waals surface area (Å²) < 4.78 is 46.8. The first-order chi connectivity index (χ1) is 16.3. The fourth-order valence-corrected chi connectivity index (χ4v) is 3.09. The number of anilines is 1. The number of fused-ring (bicyclic) bond motifs is 1. The van der Waals surface area contributed by atoms with Gasteiger partial charge in [0.1, 0.15) is 18.4 Å². The summed E-state index contributed by atoms with van der Waals surface area (Å²) >= 11 is 0. The van der Waals surface area contributed by atoms with Crippen LogP contribution in [0.2, 0.25) is 0 Å². The topological polar surface area (TPSA) is 122 Å². The van der Waals surface area contributed by atoms with Crippen LogP contribution in [0.15, 0.2) is 60.8 Å². The third kappa shape index (κ3) is 4.97. The Kier molecular flexibility index (Phi) is 6.43. The predicted molar refractivity (Wildman–Crippen MR) is 114 cm³/mol. The molecule has 3 N–H and O–H groups in total. The summed E-state index contributed by atoms with van der Waals surface area (Å²) in [6.45, 7) is -0.704. The van der Waals surface area contributed by atoms with Crippen molar-refractivity contribution in [2.24, 2.45) is 0 Å². The number of aromatic nitrogens is 4. The van der Waals surface area contributed by atoms with Crippen LogP contribution in [-0.2, 0) is 6.18 Å². The first-order valence-electron chi connectivity index (χ1n) is 9.98. The number of carbonyl (C=O) groups is 1. The summed E-state index contributed by atoms with van der Waals surface area (Å²) in [6, 6.07) is 12.4. The van der Waals surface area contributed by atoms with Crippen LogP contribution in [0.4, 0.5) is 19.0 Å². The highest BCUT2D eigenvalue weighted by Crippen LogP contribution is 2.36. The first kappa shape index (κ1) is 23.1. The molecule has 0 aliphatic heterocycles. The zero-order valence-electron chi connectivity index (χ0n) is 17.4. The lowest BCUT2D eigenvalue weighted by molar-refractivity contribution is -0.137. The molecule has 1 amide bonds. The van der Waals surface area contributed by atoms with Crippen molar-refractivity contribution < 1.29 is 32.9 Å². The highest BCUT2D eigenvalue weighted by Gasteiger charge is 2.33. The van der Waals surface area contributed by atoms with Crippen LogP contribution in [0.5, 0.6) is 5.88 Å². The van der Waals surface area contributed by atoms with Gasteiger partial charge in [0.05, 0.1) is 24.1 Å². The molecule has 9 nitrogen and oxygen atoms in total. The van der Waals surface area contributed by atoms with Gasteiger partial charge in [-0.3, -0.25) is 4.79 Å². The van der Waals surface area contributed by atoms with Crippen LogP contribution < -0.4 is 10.1 Å². The Morgan fingerprint density at radius 2 is 1.91 bits per heavy atom. The molecule has 0 bridgehead atoms. The summed E-state index contributed by atoms with van der Waals surface area (Å²) in [6.07, 6.45) is -4.34. The zero-order chi connectivity index (χ0) is 24.3. The molecule has 0 unspecified atom stereocenters. The van der Waals surface area contributed by atoms with Gasteiger partial charge in [0.2, 0.25) is 5.88 Å². The van der Waals surface area contributed by atoms with E-state index in [0.29, 0.717) is 5.65 Å². The zero-order valence-corrected chi connectivity index (χ0v) is 17.4. The fourth-order valence-electron chi connectivity index (χ4n) is 3.09. The number of imidazole rings is 1. The van der Waals surface area contributed by atoms with Crippen molar-refractivity contribution in [3.8, 4) is 17.1 Å². The minimum absolute atomic E-state index is 0.0236. The smallest absolute Gasteiger partial charge is 0.417 e. The van der Waals surface area contributed by atoms with E-state index in [1.54, 1.807) is 0 Å². The van der Waals surface area contributed by atoms with E-state index in [9.17, 15) is 23.1 Å². The highest BCUT2D eigenvalue weighted by molar-refractivity contribution is 6.02. The summed E-state index contributed by atoms with van der Waals surface area (Å²) in [5.41, 5.74) is -0.611. The molecule has 3 heterocycles. The average molecular weight is 473 g/mol. The Balaban J connectivity index is 1.60. The van der Waals surface area contributed by atoms with Crippen LogP contribution in [-0.4, -0.2) is 55.0 Å². The Hall–Kier alpha value is -4.03. The molecule has 176 valence electrons. The molecule has 0 aliphatic rings. The van der Waals surface area contributed by atoms with Crippen molar-refractivity contribution in [3.63, 3.8) is 0 Å². The third-order valence-electron chi connectivity index (χ3n) is 4.70. The number of aliphatic hydroxyl groups is 2. The lowest BCUT2D eigenvalue weighted by Gasteiger charge is -2.12. The number of halogens is 3. The maximum Gasteiger partial charge on any atom is 0.417 e. The molecule has 0 fully saturated rings. The molecule has 0 spiro atoms. The van der Waals surface area contributed by atoms with Crippen molar-refractivity contribution in [1.82, 2.24) is 19.6 Å². The van der Waals surface area contributed by atoms with Gasteiger partial charge >= 0.3 is 6.18 Å². The number of alkyl halides is 3. The van der Waals surface area contributed by atoms with E-state index in [0.717, 1.165) is 6.07 Å². The molecular weight excluding hydrogens is 455 g/mol. The number of hydrogen-bond acceptors (Lipinski definition) is 7. The van der Waals surface area contributed by atoms with Gasteiger partial charge in [-0.15, -0.1) is 0 Å². The quantitative estimate of drug-likeness (QED) is 0.377. The molecule has 1 aromatic carbocycles. The van der Waals surface area contributed by atoms with Crippen LogP contribution in [0.25, 0.3) is 16.9 Å². The Morgan fingerprint density at radius 3 is 2.68 bits per heavy atom. The largest absolute Gasteiger partial charge is 0.475 e. The van der Waals surface area contributed by atoms with Crippen molar-refractivity contribution in [3.05, 3.63) is 72.1 Å². The molecular formula is C22H18F3N5O4. The minimum Gasteiger partial charge on any atom is -0.475 e. The van der Waals surface area contributed by atoms with Gasteiger partial charge in [-0.2, -0.15) is 22.8 Å². The van der Waals surface area contributed by atoms with Gasteiger partial charge in [0, 0.05) is 11.6 Å². The van der Waals surface area contributed by atoms with E-state index in [1.165, 1.54) is 59.2 Å². The number of hydrogen-bond donors (Lipinski definition) is 3. The molecule has 0 aliphatic carbocycles. The summed E-state index contributed by atoms with van der Waals surface area (Å²) in [5.74, 6) is -0.463. The number of nitrogens with zero attached hydrogens (tertiary/aromatic N) is 4. The molecule has 0 saturated carbocycles. The summed E-state index contributed by atoms with van der Waals surface area (Å²) in [5, 5.41) is 25.0. The van der Waals surface area contributed by atoms with Crippen LogP contribution in [0, 0.1) is 0 Å². The number of ether oxygens (including phenoxy) is 1. The Morgan fingerprint density at radius 1 is 1.12 bits per heavy atom. The van der Waals surface area contributed by atoms with Gasteiger partial charge in [-0.1, -0.05) is 24.3 Å². The molecule has 4 rings (SSSR count). The van der Waals surface area contributed by atoms with Gasteiger partial charge in [-0.05, 0) is 24.3 Å². The number of rotatable bonds is 7. The highest BCUT2D eigenvalue weighted by atomic mass is 19.4. The van der Waals surface area contributed by atoms with Crippen molar-refractivity contribution in [2.45, 2.75) is 12.3 Å². The second kappa shape index (κ2) is 9.45. The minimum atomic E-state index is -4.56. The van der Waals surface area contributed by atoms with E-state index in [4.69, 9.17) is 9.84 Å². The van der Waals surface area contributed by atoms with Crippen LogP contribution >= 0.6 is 0 Å². The van der Waals surface area contributed by atoms with E-state index < -0.39 is 30.4 Å². The van der Waals surface area contributed by atoms with E-state index in [1.807, 2.05) is 0 Å². The van der Waals surface area contributed by atoms with E-state index in [-0.39, 0.29) is 35.3 Å². The van der Waals surface area contributed by atoms with Crippen molar-refractivity contribution in [2.75, 3.05) is 18.5 Å². The summed E-state index contributed by atoms with van der Waals surface area (Å²) in [4.78, 5) is 20.9. The third-order valence-corrected chi connectivity index (χ3v) is 4.70. The Labute approximate surface area is 190 Å². The number of benzene rings is 1. The molecule has 0 saturated heterocycles. The van der Waals surface area contributed by atoms with Crippen molar-refractivity contribution in [1.29, 1.82) is 0 Å².